The number of H-pyrrole nitrogens is 1. The van der Waals surface area contributed by atoms with Crippen LogP contribution >= 0.6 is 0 Å². The van der Waals surface area contributed by atoms with Crippen molar-refractivity contribution in [2.24, 2.45) is 5.92 Å². The molecule has 1 aromatic rings. The number of unbranched alkanes of at least 4 members (excludes halogenated alkanes) is 2. The molecular weight excluding hydrogens is 308 g/mol. The Bertz CT molecular complexity index is 579. The SMILES string of the molecule is CNCCCCCc1c[nH]c(=O)c(N2CCC(C(=O)OC)CC2)n1. The molecule has 2 rings (SSSR count). The topological polar surface area (TPSA) is 87.3 Å². The Balaban J connectivity index is 1.92. The zero-order chi connectivity index (χ0) is 17.4. The van der Waals surface area contributed by atoms with Gasteiger partial charge in [0.15, 0.2) is 5.82 Å². The van der Waals surface area contributed by atoms with Gasteiger partial charge in [-0.2, -0.15) is 0 Å². The van der Waals surface area contributed by atoms with Crippen LogP contribution in [-0.4, -0.2) is 49.7 Å². The van der Waals surface area contributed by atoms with Gasteiger partial charge in [0, 0.05) is 19.3 Å². The summed E-state index contributed by atoms with van der Waals surface area (Å²) in [5.74, 6) is 0.249. The number of ether oxygens (including phenoxy) is 1. The van der Waals surface area contributed by atoms with E-state index in [0.29, 0.717) is 31.7 Å². The summed E-state index contributed by atoms with van der Waals surface area (Å²) in [6.07, 6.45) is 7.32. The summed E-state index contributed by atoms with van der Waals surface area (Å²) in [4.78, 5) is 33.0. The Labute approximate surface area is 142 Å². The van der Waals surface area contributed by atoms with Crippen molar-refractivity contribution in [3.8, 4) is 0 Å². The Morgan fingerprint density at radius 2 is 2.12 bits per heavy atom. The minimum atomic E-state index is -0.162. The number of hydrogen-bond acceptors (Lipinski definition) is 6. The van der Waals surface area contributed by atoms with Crippen LogP contribution < -0.4 is 15.8 Å². The second-order valence-electron chi connectivity index (χ2n) is 6.24. The van der Waals surface area contributed by atoms with Gasteiger partial charge in [-0.3, -0.25) is 9.59 Å². The van der Waals surface area contributed by atoms with Crippen LogP contribution in [0.25, 0.3) is 0 Å². The van der Waals surface area contributed by atoms with Crippen LogP contribution in [0.2, 0.25) is 0 Å². The van der Waals surface area contributed by atoms with Gasteiger partial charge in [-0.1, -0.05) is 6.42 Å². The average Bonchev–Trinajstić information content (AvgIpc) is 2.62. The van der Waals surface area contributed by atoms with Crippen molar-refractivity contribution >= 4 is 11.8 Å². The lowest BCUT2D eigenvalue weighted by Gasteiger charge is -2.31. The lowest BCUT2D eigenvalue weighted by Crippen LogP contribution is -2.40. The lowest BCUT2D eigenvalue weighted by atomic mass is 9.97. The van der Waals surface area contributed by atoms with Gasteiger partial charge in [0.05, 0.1) is 18.7 Å². The fourth-order valence-electron chi connectivity index (χ4n) is 3.05. The van der Waals surface area contributed by atoms with E-state index in [1.54, 1.807) is 6.20 Å². The van der Waals surface area contributed by atoms with E-state index in [1.165, 1.54) is 7.11 Å². The number of carbonyl (C=O) groups excluding carboxylic acids is 1. The molecule has 7 nitrogen and oxygen atoms in total. The van der Waals surface area contributed by atoms with Gasteiger partial charge in [0.1, 0.15) is 0 Å². The number of aromatic nitrogens is 2. The Morgan fingerprint density at radius 1 is 1.38 bits per heavy atom. The maximum Gasteiger partial charge on any atom is 0.308 e. The molecular formula is C17H28N4O3. The van der Waals surface area contributed by atoms with Crippen LogP contribution in [0.3, 0.4) is 0 Å². The van der Waals surface area contributed by atoms with E-state index >= 15 is 0 Å². The van der Waals surface area contributed by atoms with Gasteiger partial charge in [-0.15, -0.1) is 0 Å². The van der Waals surface area contributed by atoms with Gasteiger partial charge in [0.2, 0.25) is 0 Å². The van der Waals surface area contributed by atoms with E-state index in [-0.39, 0.29) is 17.4 Å². The molecule has 0 bridgehead atoms. The third-order valence-corrected chi connectivity index (χ3v) is 4.51. The third kappa shape index (κ3) is 5.06. The van der Waals surface area contributed by atoms with E-state index in [2.05, 4.69) is 15.3 Å². The maximum absolute atomic E-state index is 12.1. The predicted octanol–water partition coefficient (Wildman–Crippen LogP) is 1.09. The Hall–Kier alpha value is -1.89. The summed E-state index contributed by atoms with van der Waals surface area (Å²) in [6, 6.07) is 0. The van der Waals surface area contributed by atoms with Crippen LogP contribution in [0, 0.1) is 5.92 Å². The van der Waals surface area contributed by atoms with Crippen molar-refractivity contribution in [3.05, 3.63) is 22.2 Å². The zero-order valence-electron chi connectivity index (χ0n) is 14.6. The number of esters is 1. The summed E-state index contributed by atoms with van der Waals surface area (Å²) in [7, 11) is 3.38. The largest absolute Gasteiger partial charge is 0.469 e. The Morgan fingerprint density at radius 3 is 2.79 bits per heavy atom. The first-order valence-corrected chi connectivity index (χ1v) is 8.71. The fraction of sp³-hybridized carbons (Fsp3) is 0.706. The molecule has 0 amide bonds. The fourth-order valence-corrected chi connectivity index (χ4v) is 3.05. The van der Waals surface area contributed by atoms with Crippen LogP contribution in [0.15, 0.2) is 11.0 Å². The average molecular weight is 336 g/mol. The van der Waals surface area contributed by atoms with Crippen molar-refractivity contribution in [1.29, 1.82) is 0 Å². The van der Waals surface area contributed by atoms with Crippen molar-refractivity contribution in [1.82, 2.24) is 15.3 Å². The molecule has 1 aliphatic rings. The molecule has 134 valence electrons. The minimum Gasteiger partial charge on any atom is -0.469 e. The zero-order valence-corrected chi connectivity index (χ0v) is 14.6. The number of hydrogen-bond donors (Lipinski definition) is 2. The van der Waals surface area contributed by atoms with Gasteiger partial charge in [0.25, 0.3) is 5.56 Å². The molecule has 0 radical (unpaired) electrons. The van der Waals surface area contributed by atoms with E-state index in [4.69, 9.17) is 4.74 Å². The van der Waals surface area contributed by atoms with Crippen LogP contribution in [0.5, 0.6) is 0 Å². The smallest absolute Gasteiger partial charge is 0.308 e. The molecule has 1 aromatic heterocycles. The molecule has 0 aromatic carbocycles. The summed E-state index contributed by atoms with van der Waals surface area (Å²) >= 11 is 0. The van der Waals surface area contributed by atoms with E-state index in [9.17, 15) is 9.59 Å². The number of nitrogens with zero attached hydrogens (tertiary/aromatic N) is 2. The molecule has 0 saturated carbocycles. The quantitative estimate of drug-likeness (QED) is 0.546. The minimum absolute atomic E-state index is 0.0688. The standard InChI is InChI=1S/C17H28N4O3/c1-18-9-5-3-4-6-14-12-19-16(22)15(20-14)21-10-7-13(8-11-21)17(23)24-2/h12-13,18H,3-11H2,1-2H3,(H,19,22). The molecule has 0 aliphatic carbocycles. The molecule has 0 spiro atoms. The molecule has 24 heavy (non-hydrogen) atoms. The number of methoxy groups -OCH3 is 1. The first kappa shape index (κ1) is 18.4. The van der Waals surface area contributed by atoms with Crippen LogP contribution in [0.1, 0.15) is 37.8 Å². The lowest BCUT2D eigenvalue weighted by molar-refractivity contribution is -0.146. The van der Waals surface area contributed by atoms with Gasteiger partial charge in [-0.05, 0) is 45.7 Å². The molecule has 1 aliphatic heterocycles. The molecule has 1 saturated heterocycles. The molecule has 0 unspecified atom stereocenters. The van der Waals surface area contributed by atoms with Crippen molar-refractivity contribution in [2.75, 3.05) is 38.7 Å². The van der Waals surface area contributed by atoms with E-state index < -0.39 is 0 Å². The maximum atomic E-state index is 12.1. The van der Waals surface area contributed by atoms with E-state index in [1.807, 2.05) is 11.9 Å². The number of rotatable bonds is 8. The molecule has 0 atom stereocenters. The highest BCUT2D eigenvalue weighted by Gasteiger charge is 2.27. The molecule has 7 heteroatoms. The van der Waals surface area contributed by atoms with E-state index in [0.717, 1.165) is 37.9 Å². The Kier molecular flexibility index (Phi) is 7.24. The highest BCUT2D eigenvalue weighted by molar-refractivity contribution is 5.72. The predicted molar refractivity (Wildman–Crippen MR) is 93.3 cm³/mol. The number of nitrogens with one attached hydrogen (secondary N) is 2. The van der Waals surface area contributed by atoms with Crippen LogP contribution in [-0.2, 0) is 16.0 Å². The number of piperidine rings is 1. The summed E-state index contributed by atoms with van der Waals surface area (Å²) < 4.78 is 4.80. The number of aryl methyl sites for hydroxylation is 1. The highest BCUT2D eigenvalue weighted by atomic mass is 16.5. The summed E-state index contributed by atoms with van der Waals surface area (Å²) in [6.45, 7) is 2.34. The molecule has 1 fully saturated rings. The first-order chi connectivity index (χ1) is 11.7. The van der Waals surface area contributed by atoms with Crippen molar-refractivity contribution < 1.29 is 9.53 Å². The second kappa shape index (κ2) is 9.42. The number of anilines is 1. The van der Waals surface area contributed by atoms with Gasteiger partial charge >= 0.3 is 5.97 Å². The first-order valence-electron chi connectivity index (χ1n) is 8.71. The second-order valence-corrected chi connectivity index (χ2v) is 6.24. The molecule has 2 N–H and O–H groups in total. The van der Waals surface area contributed by atoms with Crippen molar-refractivity contribution in [2.45, 2.75) is 38.5 Å². The van der Waals surface area contributed by atoms with Gasteiger partial charge < -0.3 is 19.9 Å². The monoisotopic (exact) mass is 336 g/mol. The normalized spacial score (nSPS) is 15.5. The van der Waals surface area contributed by atoms with Crippen molar-refractivity contribution in [3.63, 3.8) is 0 Å². The third-order valence-electron chi connectivity index (χ3n) is 4.51. The highest BCUT2D eigenvalue weighted by Crippen LogP contribution is 2.21. The summed E-state index contributed by atoms with van der Waals surface area (Å²) in [5.41, 5.74) is 0.759. The number of carbonyl (C=O) groups is 1. The van der Waals surface area contributed by atoms with Crippen LogP contribution in [0.4, 0.5) is 5.82 Å². The number of aromatic amines is 1. The summed E-state index contributed by atoms with van der Waals surface area (Å²) in [5, 5.41) is 3.14. The molecule has 2 heterocycles. The van der Waals surface area contributed by atoms with Gasteiger partial charge in [-0.25, -0.2) is 4.98 Å².